The summed E-state index contributed by atoms with van der Waals surface area (Å²) in [5.74, 6) is -1.32. The number of hydrogen-bond donors (Lipinski definition) is 4. The van der Waals surface area contributed by atoms with Crippen molar-refractivity contribution in [1.29, 1.82) is 0 Å². The number of aliphatic hydroxyl groups is 4. The number of hydrogen-bond acceptors (Lipinski definition) is 8. The molecule has 158 valence electrons. The molecule has 0 amide bonds. The van der Waals surface area contributed by atoms with E-state index in [0.717, 1.165) is 0 Å². The molecule has 0 fully saturated rings. The maximum atomic E-state index is 12.1. The Balaban J connectivity index is 2.54. The molecule has 0 atom stereocenters. The van der Waals surface area contributed by atoms with Crippen molar-refractivity contribution in [2.24, 2.45) is 11.8 Å². The molecule has 1 aromatic rings. The van der Waals surface area contributed by atoms with Gasteiger partial charge in [-0.25, -0.2) is 9.59 Å². The van der Waals surface area contributed by atoms with Crippen LogP contribution in [0, 0.1) is 11.8 Å². The van der Waals surface area contributed by atoms with Gasteiger partial charge in [-0.1, -0.05) is 0 Å². The van der Waals surface area contributed by atoms with Crippen molar-refractivity contribution in [2.75, 3.05) is 39.6 Å². The highest BCUT2D eigenvalue weighted by molar-refractivity contribution is 5.93. The van der Waals surface area contributed by atoms with Crippen LogP contribution in [-0.4, -0.2) is 72.0 Å². The molecule has 0 aliphatic carbocycles. The highest BCUT2D eigenvalue weighted by Gasteiger charge is 2.16. The Hall–Kier alpha value is -2.00. The number of carbonyl (C=O) groups is 2. The fourth-order valence-electron chi connectivity index (χ4n) is 2.65. The zero-order valence-corrected chi connectivity index (χ0v) is 16.0. The predicted molar refractivity (Wildman–Crippen MR) is 101 cm³/mol. The van der Waals surface area contributed by atoms with Crippen LogP contribution in [-0.2, 0) is 9.47 Å². The van der Waals surface area contributed by atoms with Gasteiger partial charge >= 0.3 is 11.9 Å². The largest absolute Gasteiger partial charge is 0.462 e. The molecular weight excluding hydrogens is 368 g/mol. The SMILES string of the molecule is O=C(OCC(CCO)CCO)c1ccc(C(=O)OCC(CCO)CCO)cc1. The highest BCUT2D eigenvalue weighted by Crippen LogP contribution is 2.13. The molecule has 0 spiro atoms. The summed E-state index contributed by atoms with van der Waals surface area (Å²) < 4.78 is 10.4. The quantitative estimate of drug-likeness (QED) is 0.338. The minimum absolute atomic E-state index is 0.0451. The molecule has 0 unspecified atom stereocenters. The fraction of sp³-hybridized carbons (Fsp3) is 0.600. The smallest absolute Gasteiger partial charge is 0.338 e. The standard InChI is InChI=1S/C20H30O8/c21-9-5-15(6-10-22)13-27-19(25)17-1-2-18(4-3-17)20(26)28-14-16(7-11-23)8-12-24/h1-4,15-16,21-24H,5-14H2. The topological polar surface area (TPSA) is 134 Å². The molecule has 8 nitrogen and oxygen atoms in total. The van der Waals surface area contributed by atoms with E-state index >= 15 is 0 Å². The van der Waals surface area contributed by atoms with Gasteiger partial charge in [-0.05, 0) is 61.8 Å². The Bertz CT molecular complexity index is 509. The lowest BCUT2D eigenvalue weighted by atomic mass is 10.0. The molecule has 28 heavy (non-hydrogen) atoms. The van der Waals surface area contributed by atoms with Crippen LogP contribution in [0.3, 0.4) is 0 Å². The van der Waals surface area contributed by atoms with Crippen LogP contribution in [0.1, 0.15) is 46.4 Å². The lowest BCUT2D eigenvalue weighted by molar-refractivity contribution is 0.0383. The van der Waals surface area contributed by atoms with Crippen molar-refractivity contribution in [2.45, 2.75) is 25.7 Å². The zero-order valence-electron chi connectivity index (χ0n) is 16.0. The Morgan fingerprint density at radius 2 is 0.929 bits per heavy atom. The minimum atomic E-state index is -0.549. The maximum Gasteiger partial charge on any atom is 0.338 e. The van der Waals surface area contributed by atoms with Crippen molar-refractivity contribution in [3.05, 3.63) is 35.4 Å². The first-order valence-corrected chi connectivity index (χ1v) is 9.43. The predicted octanol–water partition coefficient (Wildman–Crippen LogP) is 0.762. The van der Waals surface area contributed by atoms with Crippen molar-refractivity contribution in [3.63, 3.8) is 0 Å². The van der Waals surface area contributed by atoms with E-state index in [1.165, 1.54) is 24.3 Å². The van der Waals surface area contributed by atoms with Gasteiger partial charge in [0.25, 0.3) is 0 Å². The summed E-state index contributed by atoms with van der Waals surface area (Å²) in [4.78, 5) is 24.2. The van der Waals surface area contributed by atoms with Gasteiger partial charge in [-0.2, -0.15) is 0 Å². The summed E-state index contributed by atoms with van der Waals surface area (Å²) in [5.41, 5.74) is 0.559. The summed E-state index contributed by atoms with van der Waals surface area (Å²) in [7, 11) is 0. The van der Waals surface area contributed by atoms with E-state index < -0.39 is 11.9 Å². The van der Waals surface area contributed by atoms with Crippen LogP contribution < -0.4 is 0 Å². The molecule has 0 heterocycles. The van der Waals surface area contributed by atoms with Gasteiger partial charge in [0.2, 0.25) is 0 Å². The third-order valence-electron chi connectivity index (χ3n) is 4.41. The number of esters is 2. The molecule has 0 saturated carbocycles. The molecule has 0 aromatic heterocycles. The number of aliphatic hydroxyl groups excluding tert-OH is 4. The van der Waals surface area contributed by atoms with Gasteiger partial charge in [0.15, 0.2) is 0 Å². The summed E-state index contributed by atoms with van der Waals surface area (Å²) >= 11 is 0. The van der Waals surface area contributed by atoms with E-state index in [1.807, 2.05) is 0 Å². The second kappa shape index (κ2) is 14.1. The van der Waals surface area contributed by atoms with E-state index in [-0.39, 0.29) is 62.6 Å². The van der Waals surface area contributed by atoms with Crippen molar-refractivity contribution in [1.82, 2.24) is 0 Å². The number of carbonyl (C=O) groups excluding carboxylic acids is 2. The van der Waals surface area contributed by atoms with Gasteiger partial charge in [-0.15, -0.1) is 0 Å². The molecule has 0 saturated heterocycles. The van der Waals surface area contributed by atoms with Crippen molar-refractivity contribution < 1.29 is 39.5 Å². The monoisotopic (exact) mass is 398 g/mol. The van der Waals surface area contributed by atoms with Gasteiger partial charge in [0.1, 0.15) is 0 Å². The molecule has 4 N–H and O–H groups in total. The van der Waals surface area contributed by atoms with Gasteiger partial charge in [-0.3, -0.25) is 0 Å². The van der Waals surface area contributed by atoms with E-state index in [2.05, 4.69) is 0 Å². The summed E-state index contributed by atoms with van der Waals surface area (Å²) in [6.07, 6.45) is 1.75. The third-order valence-corrected chi connectivity index (χ3v) is 4.41. The van der Waals surface area contributed by atoms with Crippen molar-refractivity contribution in [3.8, 4) is 0 Å². The highest BCUT2D eigenvalue weighted by atomic mass is 16.5. The number of benzene rings is 1. The minimum Gasteiger partial charge on any atom is -0.462 e. The number of ether oxygens (including phenoxy) is 2. The second-order valence-electron chi connectivity index (χ2n) is 6.56. The molecule has 0 radical (unpaired) electrons. The van der Waals surface area contributed by atoms with E-state index in [1.54, 1.807) is 0 Å². The summed E-state index contributed by atoms with van der Waals surface area (Å²) in [6, 6.07) is 5.85. The normalized spacial score (nSPS) is 11.1. The van der Waals surface area contributed by atoms with Crippen molar-refractivity contribution >= 4 is 11.9 Å². The van der Waals surface area contributed by atoms with Crippen LogP contribution in [0.15, 0.2) is 24.3 Å². The van der Waals surface area contributed by atoms with Gasteiger partial charge < -0.3 is 29.9 Å². The maximum absolute atomic E-state index is 12.1. The Morgan fingerprint density at radius 1 is 0.643 bits per heavy atom. The Morgan fingerprint density at radius 3 is 1.18 bits per heavy atom. The van der Waals surface area contributed by atoms with Crippen LogP contribution in [0.4, 0.5) is 0 Å². The first-order chi connectivity index (χ1) is 13.5. The van der Waals surface area contributed by atoms with Crippen LogP contribution >= 0.6 is 0 Å². The first kappa shape index (κ1) is 24.0. The lowest BCUT2D eigenvalue weighted by Gasteiger charge is -2.15. The van der Waals surface area contributed by atoms with Crippen LogP contribution in [0.25, 0.3) is 0 Å². The average molecular weight is 398 g/mol. The number of rotatable bonds is 14. The average Bonchev–Trinajstić information content (AvgIpc) is 2.70. The molecule has 1 aromatic carbocycles. The Labute approximate surface area is 164 Å². The second-order valence-corrected chi connectivity index (χ2v) is 6.56. The summed E-state index contributed by atoms with van der Waals surface area (Å²) in [5, 5.41) is 35.9. The molecular formula is C20H30O8. The van der Waals surface area contributed by atoms with Gasteiger partial charge in [0, 0.05) is 26.4 Å². The van der Waals surface area contributed by atoms with Crippen LogP contribution in [0.5, 0.6) is 0 Å². The third kappa shape index (κ3) is 8.79. The molecule has 0 aliphatic heterocycles. The lowest BCUT2D eigenvalue weighted by Crippen LogP contribution is -2.18. The van der Waals surface area contributed by atoms with E-state index in [4.69, 9.17) is 29.9 Å². The first-order valence-electron chi connectivity index (χ1n) is 9.43. The van der Waals surface area contributed by atoms with Crippen LogP contribution in [0.2, 0.25) is 0 Å². The molecule has 8 heteroatoms. The van der Waals surface area contributed by atoms with E-state index in [9.17, 15) is 9.59 Å². The molecule has 0 bridgehead atoms. The zero-order chi connectivity index (χ0) is 20.8. The molecule has 0 aliphatic rings. The van der Waals surface area contributed by atoms with Gasteiger partial charge in [0.05, 0.1) is 24.3 Å². The van der Waals surface area contributed by atoms with E-state index in [0.29, 0.717) is 25.7 Å². The fourth-order valence-corrected chi connectivity index (χ4v) is 2.65. The Kier molecular flexibility index (Phi) is 12.1. The summed E-state index contributed by atoms with van der Waals surface area (Å²) in [6.45, 7) is 0.0155. The molecule has 1 rings (SSSR count).